The highest BCUT2D eigenvalue weighted by molar-refractivity contribution is 5.38. The average molecular weight is 536 g/mol. The van der Waals surface area contributed by atoms with Crippen LogP contribution in [0.4, 0.5) is 0 Å². The van der Waals surface area contributed by atoms with Gasteiger partial charge < -0.3 is 19.9 Å². The third kappa shape index (κ3) is 6.37. The van der Waals surface area contributed by atoms with Crippen molar-refractivity contribution in [3.63, 3.8) is 0 Å². The Bertz CT molecular complexity index is 1180. The lowest BCUT2D eigenvalue weighted by atomic mass is 9.72. The van der Waals surface area contributed by atoms with Crippen molar-refractivity contribution < 1.29 is 14.6 Å². The molecule has 0 atom stereocenters. The smallest absolute Gasteiger partial charge is 0.219 e. The molecule has 1 aliphatic heterocycles. The quantitative estimate of drug-likeness (QED) is 0.143. The monoisotopic (exact) mass is 535 g/mol. The van der Waals surface area contributed by atoms with Crippen LogP contribution in [-0.2, 0) is 20.9 Å². The van der Waals surface area contributed by atoms with Gasteiger partial charge in [-0.05, 0) is 62.2 Å². The fraction of sp³-hybridized carbons (Fsp3) is 0.333. The Hall–Kier alpha value is -3.28. The van der Waals surface area contributed by atoms with Crippen LogP contribution in [-0.4, -0.2) is 31.4 Å². The molecule has 0 aliphatic carbocycles. The van der Waals surface area contributed by atoms with Gasteiger partial charge in [0.25, 0.3) is 0 Å². The van der Waals surface area contributed by atoms with Gasteiger partial charge in [0.15, 0.2) is 0 Å². The molecule has 208 valence electrons. The Balaban J connectivity index is 1.24. The zero-order valence-electron chi connectivity index (χ0n) is 23.3. The van der Waals surface area contributed by atoms with Crippen molar-refractivity contribution in [1.29, 1.82) is 0 Å². The van der Waals surface area contributed by atoms with Crippen molar-refractivity contribution in [2.24, 2.45) is 5.92 Å². The molecule has 0 saturated carbocycles. The SMILES string of the molecule is OC(OCCCCCOC(c1ccccc1)(c1ccccc1)C1CCNCC1)(c1ccccc1)c1ccccc1. The first-order valence-corrected chi connectivity index (χ1v) is 14.7. The lowest BCUT2D eigenvalue weighted by molar-refractivity contribution is -0.181. The minimum absolute atomic E-state index is 0.397. The van der Waals surface area contributed by atoms with Crippen molar-refractivity contribution in [3.8, 4) is 0 Å². The van der Waals surface area contributed by atoms with Gasteiger partial charge in [-0.15, -0.1) is 0 Å². The first-order chi connectivity index (χ1) is 19.7. The highest BCUT2D eigenvalue weighted by Crippen LogP contribution is 2.44. The molecule has 1 saturated heterocycles. The summed E-state index contributed by atoms with van der Waals surface area (Å²) in [5.74, 6) is -1.07. The molecule has 1 fully saturated rings. The molecule has 1 aliphatic rings. The van der Waals surface area contributed by atoms with Crippen LogP contribution in [0.3, 0.4) is 0 Å². The number of benzene rings is 4. The zero-order valence-corrected chi connectivity index (χ0v) is 23.3. The van der Waals surface area contributed by atoms with Gasteiger partial charge in [-0.2, -0.15) is 0 Å². The maximum Gasteiger partial charge on any atom is 0.219 e. The first-order valence-electron chi connectivity index (χ1n) is 14.7. The number of hydrogen-bond donors (Lipinski definition) is 2. The van der Waals surface area contributed by atoms with E-state index in [1.165, 1.54) is 11.1 Å². The second-order valence-corrected chi connectivity index (χ2v) is 10.6. The van der Waals surface area contributed by atoms with Crippen LogP contribution in [0.2, 0.25) is 0 Å². The van der Waals surface area contributed by atoms with E-state index < -0.39 is 11.4 Å². The van der Waals surface area contributed by atoms with Gasteiger partial charge in [0.1, 0.15) is 5.60 Å². The van der Waals surface area contributed by atoms with Gasteiger partial charge in [0.2, 0.25) is 5.79 Å². The summed E-state index contributed by atoms with van der Waals surface area (Å²) in [5.41, 5.74) is 3.46. The summed E-state index contributed by atoms with van der Waals surface area (Å²) in [5, 5.41) is 15.1. The lowest BCUT2D eigenvalue weighted by Crippen LogP contribution is -2.45. The molecule has 0 aromatic heterocycles. The largest absolute Gasteiger partial charge is 0.365 e. The van der Waals surface area contributed by atoms with Crippen LogP contribution in [0.15, 0.2) is 121 Å². The van der Waals surface area contributed by atoms with Gasteiger partial charge in [0.05, 0.1) is 6.61 Å². The number of rotatable bonds is 13. The number of ether oxygens (including phenoxy) is 2. The maximum absolute atomic E-state index is 11.6. The van der Waals surface area contributed by atoms with Crippen molar-refractivity contribution >= 4 is 0 Å². The maximum atomic E-state index is 11.6. The molecule has 4 nitrogen and oxygen atoms in total. The number of aliphatic hydroxyl groups is 1. The van der Waals surface area contributed by atoms with Gasteiger partial charge in [-0.25, -0.2) is 0 Å². The third-order valence-electron chi connectivity index (χ3n) is 8.08. The zero-order chi connectivity index (χ0) is 27.5. The van der Waals surface area contributed by atoms with E-state index in [1.54, 1.807) is 0 Å². The van der Waals surface area contributed by atoms with Crippen molar-refractivity contribution in [3.05, 3.63) is 144 Å². The van der Waals surface area contributed by atoms with Gasteiger partial charge >= 0.3 is 0 Å². The molecule has 2 N–H and O–H groups in total. The van der Waals surface area contributed by atoms with E-state index in [9.17, 15) is 5.11 Å². The minimum Gasteiger partial charge on any atom is -0.365 e. The van der Waals surface area contributed by atoms with Gasteiger partial charge in [-0.1, -0.05) is 121 Å². The van der Waals surface area contributed by atoms with E-state index in [1.807, 2.05) is 60.7 Å². The number of unbranched alkanes of at least 4 members (excludes halogenated alkanes) is 2. The molecule has 1 heterocycles. The van der Waals surface area contributed by atoms with Crippen LogP contribution in [0.1, 0.15) is 54.4 Å². The van der Waals surface area contributed by atoms with Crippen LogP contribution in [0, 0.1) is 5.92 Å². The predicted octanol–water partition coefficient (Wildman–Crippen LogP) is 7.03. The molecule has 0 bridgehead atoms. The summed E-state index contributed by atoms with van der Waals surface area (Å²) >= 11 is 0. The molecule has 0 spiro atoms. The molecular weight excluding hydrogens is 494 g/mol. The Morgan fingerprint density at radius 1 is 0.550 bits per heavy atom. The topological polar surface area (TPSA) is 50.7 Å². The summed E-state index contributed by atoms with van der Waals surface area (Å²) in [7, 11) is 0. The van der Waals surface area contributed by atoms with E-state index in [4.69, 9.17) is 9.47 Å². The Kier molecular flexibility index (Phi) is 9.80. The Labute approximate surface area is 239 Å². The van der Waals surface area contributed by atoms with Crippen molar-refractivity contribution in [2.45, 2.75) is 43.5 Å². The summed E-state index contributed by atoms with van der Waals surface area (Å²) in [4.78, 5) is 0. The standard InChI is InChI=1S/C36H41NO3/c38-36(33-20-10-3-11-21-33,34-22-12-4-13-23-34)40-29-15-5-14-28-39-35(30-16-6-1-7-17-30,31-18-8-2-9-19-31)32-24-26-37-27-25-32/h1-4,6-13,16-23,32,37-38H,5,14-15,24-29H2. The fourth-order valence-corrected chi connectivity index (χ4v) is 6.02. The highest BCUT2D eigenvalue weighted by atomic mass is 16.6. The minimum atomic E-state index is -1.47. The van der Waals surface area contributed by atoms with Crippen molar-refractivity contribution in [2.75, 3.05) is 26.3 Å². The Morgan fingerprint density at radius 3 is 1.40 bits per heavy atom. The second kappa shape index (κ2) is 13.9. The summed E-state index contributed by atoms with van der Waals surface area (Å²) in [6.07, 6.45) is 4.86. The molecule has 0 radical (unpaired) electrons. The predicted molar refractivity (Wildman–Crippen MR) is 161 cm³/mol. The van der Waals surface area contributed by atoms with E-state index >= 15 is 0 Å². The van der Waals surface area contributed by atoms with Crippen LogP contribution in [0.5, 0.6) is 0 Å². The van der Waals surface area contributed by atoms with Gasteiger partial charge in [-0.3, -0.25) is 0 Å². The first kappa shape index (κ1) is 28.3. The number of nitrogens with one attached hydrogen (secondary N) is 1. The molecule has 4 heteroatoms. The van der Waals surface area contributed by atoms with Crippen LogP contribution in [0.25, 0.3) is 0 Å². The summed E-state index contributed by atoms with van der Waals surface area (Å²) < 4.78 is 13.2. The molecule has 5 rings (SSSR count). The Morgan fingerprint density at radius 2 is 0.950 bits per heavy atom. The van der Waals surface area contributed by atoms with E-state index in [2.05, 4.69) is 66.0 Å². The van der Waals surface area contributed by atoms with Crippen molar-refractivity contribution in [1.82, 2.24) is 5.32 Å². The normalized spacial score (nSPS) is 14.7. The third-order valence-corrected chi connectivity index (χ3v) is 8.08. The average Bonchev–Trinajstić information content (AvgIpc) is 3.04. The van der Waals surface area contributed by atoms with E-state index in [0.717, 1.165) is 56.3 Å². The number of hydrogen-bond acceptors (Lipinski definition) is 4. The highest BCUT2D eigenvalue weighted by Gasteiger charge is 2.43. The molecule has 0 amide bonds. The van der Waals surface area contributed by atoms with E-state index in [-0.39, 0.29) is 0 Å². The molecule has 40 heavy (non-hydrogen) atoms. The molecular formula is C36H41NO3. The van der Waals surface area contributed by atoms with Crippen LogP contribution >= 0.6 is 0 Å². The lowest BCUT2D eigenvalue weighted by Gasteiger charge is -2.44. The summed E-state index contributed by atoms with van der Waals surface area (Å²) in [6.45, 7) is 3.14. The molecule has 0 unspecified atom stereocenters. The molecule has 4 aromatic rings. The van der Waals surface area contributed by atoms with E-state index in [0.29, 0.717) is 19.1 Å². The van der Waals surface area contributed by atoms with Gasteiger partial charge in [0, 0.05) is 17.7 Å². The fourth-order valence-electron chi connectivity index (χ4n) is 6.02. The second-order valence-electron chi connectivity index (χ2n) is 10.6. The molecule has 4 aromatic carbocycles. The summed E-state index contributed by atoms with van der Waals surface area (Å²) in [6, 6.07) is 40.8. The van der Waals surface area contributed by atoms with Crippen LogP contribution < -0.4 is 5.32 Å². The number of piperidine rings is 1.